The predicted molar refractivity (Wildman–Crippen MR) is 105 cm³/mol. The van der Waals surface area contributed by atoms with Gasteiger partial charge >= 0.3 is 0 Å². The molecule has 2 aromatic rings. The number of carbonyl (C=O) groups excluding carboxylic acids is 2. The van der Waals surface area contributed by atoms with E-state index in [0.29, 0.717) is 25.4 Å². The van der Waals surface area contributed by atoms with E-state index in [1.807, 2.05) is 11.0 Å². The van der Waals surface area contributed by atoms with Crippen LogP contribution in [0.4, 0.5) is 5.69 Å². The van der Waals surface area contributed by atoms with Crippen LogP contribution >= 0.6 is 0 Å². The lowest BCUT2D eigenvalue weighted by Crippen LogP contribution is -2.51. The molecule has 0 bridgehead atoms. The van der Waals surface area contributed by atoms with Gasteiger partial charge in [-0.05, 0) is 43.2 Å². The van der Waals surface area contributed by atoms with Crippen LogP contribution in [0.3, 0.4) is 0 Å². The van der Waals surface area contributed by atoms with Gasteiger partial charge in [0.2, 0.25) is 11.8 Å². The predicted octanol–water partition coefficient (Wildman–Crippen LogP) is 2.59. The van der Waals surface area contributed by atoms with E-state index < -0.39 is 0 Å². The molecule has 0 atom stereocenters. The Kier molecular flexibility index (Phi) is 5.84. The molecule has 27 heavy (non-hydrogen) atoms. The van der Waals surface area contributed by atoms with Crippen molar-refractivity contribution < 1.29 is 14.0 Å². The van der Waals surface area contributed by atoms with Gasteiger partial charge in [0.1, 0.15) is 12.3 Å². The van der Waals surface area contributed by atoms with E-state index in [9.17, 15) is 9.59 Å². The van der Waals surface area contributed by atoms with Crippen LogP contribution in [-0.4, -0.2) is 54.3 Å². The summed E-state index contributed by atoms with van der Waals surface area (Å²) >= 11 is 0. The molecule has 1 aliphatic heterocycles. The molecule has 0 unspecified atom stereocenters. The number of amides is 2. The van der Waals surface area contributed by atoms with Crippen LogP contribution in [0.2, 0.25) is 0 Å². The van der Waals surface area contributed by atoms with Crippen LogP contribution in [0.25, 0.3) is 0 Å². The van der Waals surface area contributed by atoms with Gasteiger partial charge < -0.3 is 19.1 Å². The SMILES string of the molecule is CC(=O)N(CC(=O)N1CCN(c2cccc(C)c2C)CC1)Cc1ccco1. The second-order valence-electron chi connectivity index (χ2n) is 7.04. The van der Waals surface area contributed by atoms with Gasteiger partial charge in [0.05, 0.1) is 12.8 Å². The summed E-state index contributed by atoms with van der Waals surface area (Å²) in [5.74, 6) is 0.531. The first kappa shape index (κ1) is 19.0. The summed E-state index contributed by atoms with van der Waals surface area (Å²) in [7, 11) is 0. The van der Waals surface area contributed by atoms with E-state index in [-0.39, 0.29) is 18.4 Å². The molecule has 1 aromatic carbocycles. The molecule has 0 aliphatic carbocycles. The number of nitrogens with zero attached hydrogens (tertiary/aromatic N) is 3. The van der Waals surface area contributed by atoms with E-state index in [4.69, 9.17) is 4.42 Å². The van der Waals surface area contributed by atoms with Crippen LogP contribution in [0, 0.1) is 13.8 Å². The van der Waals surface area contributed by atoms with Crippen LogP contribution in [0.15, 0.2) is 41.0 Å². The van der Waals surface area contributed by atoms with Crippen molar-refractivity contribution in [2.75, 3.05) is 37.6 Å². The zero-order valence-corrected chi connectivity index (χ0v) is 16.3. The molecule has 0 N–H and O–H groups in total. The Hall–Kier alpha value is -2.76. The molecular weight excluding hydrogens is 342 g/mol. The van der Waals surface area contributed by atoms with Crippen molar-refractivity contribution in [1.29, 1.82) is 0 Å². The van der Waals surface area contributed by atoms with Crippen molar-refractivity contribution in [3.63, 3.8) is 0 Å². The van der Waals surface area contributed by atoms with Gasteiger partial charge in [-0.15, -0.1) is 0 Å². The Bertz CT molecular complexity index is 793. The summed E-state index contributed by atoms with van der Waals surface area (Å²) in [6, 6.07) is 9.93. The van der Waals surface area contributed by atoms with Gasteiger partial charge in [-0.3, -0.25) is 9.59 Å². The maximum absolute atomic E-state index is 12.7. The van der Waals surface area contributed by atoms with Crippen LogP contribution in [0.5, 0.6) is 0 Å². The largest absolute Gasteiger partial charge is 0.467 e. The second kappa shape index (κ2) is 8.29. The van der Waals surface area contributed by atoms with Crippen LogP contribution in [0.1, 0.15) is 23.8 Å². The maximum Gasteiger partial charge on any atom is 0.242 e. The summed E-state index contributed by atoms with van der Waals surface area (Å²) in [5, 5.41) is 0. The fourth-order valence-electron chi connectivity index (χ4n) is 3.41. The van der Waals surface area contributed by atoms with Crippen LogP contribution < -0.4 is 4.90 Å². The minimum absolute atomic E-state index is 0.0163. The number of hydrogen-bond acceptors (Lipinski definition) is 4. The Morgan fingerprint density at radius 2 is 1.81 bits per heavy atom. The molecule has 1 saturated heterocycles. The van der Waals surface area contributed by atoms with Gasteiger partial charge in [0.25, 0.3) is 0 Å². The van der Waals surface area contributed by atoms with Gasteiger partial charge in [0, 0.05) is 38.8 Å². The number of aryl methyl sites for hydroxylation is 1. The highest BCUT2D eigenvalue weighted by molar-refractivity contribution is 5.84. The number of rotatable bonds is 5. The standard InChI is InChI=1S/C21H27N3O3/c1-16-6-4-8-20(17(16)2)22-9-11-23(12-10-22)21(26)15-24(18(3)25)14-19-7-5-13-27-19/h4-8,13H,9-12,14-15H2,1-3H3. The molecule has 6 heteroatoms. The minimum Gasteiger partial charge on any atom is -0.467 e. The third-order valence-corrected chi connectivity index (χ3v) is 5.25. The van der Waals surface area contributed by atoms with Crippen molar-refractivity contribution in [1.82, 2.24) is 9.80 Å². The summed E-state index contributed by atoms with van der Waals surface area (Å²) in [6.45, 7) is 9.07. The number of hydrogen-bond donors (Lipinski definition) is 0. The van der Waals surface area contributed by atoms with E-state index in [1.165, 1.54) is 28.6 Å². The lowest BCUT2D eigenvalue weighted by Gasteiger charge is -2.37. The molecule has 2 amide bonds. The average Bonchev–Trinajstić information content (AvgIpc) is 3.16. The summed E-state index contributed by atoms with van der Waals surface area (Å²) in [5.41, 5.74) is 3.81. The Morgan fingerprint density at radius 3 is 2.44 bits per heavy atom. The lowest BCUT2D eigenvalue weighted by atomic mass is 10.1. The summed E-state index contributed by atoms with van der Waals surface area (Å²) < 4.78 is 5.30. The van der Waals surface area contributed by atoms with E-state index in [0.717, 1.165) is 13.1 Å². The molecule has 0 saturated carbocycles. The molecule has 2 heterocycles. The molecule has 0 spiro atoms. The quantitative estimate of drug-likeness (QED) is 0.813. The number of carbonyl (C=O) groups is 2. The third kappa shape index (κ3) is 4.51. The summed E-state index contributed by atoms with van der Waals surface area (Å²) in [6.07, 6.45) is 1.57. The Morgan fingerprint density at radius 1 is 1.07 bits per heavy atom. The van der Waals surface area contributed by atoms with Crippen molar-refractivity contribution >= 4 is 17.5 Å². The normalized spacial score (nSPS) is 14.3. The first-order valence-corrected chi connectivity index (χ1v) is 9.32. The van der Waals surface area contributed by atoms with Crippen LogP contribution in [-0.2, 0) is 16.1 Å². The van der Waals surface area contributed by atoms with Crippen molar-refractivity contribution in [2.45, 2.75) is 27.3 Å². The number of furan rings is 1. The maximum atomic E-state index is 12.7. The Labute approximate surface area is 160 Å². The van der Waals surface area contributed by atoms with Gasteiger partial charge in [0.15, 0.2) is 0 Å². The van der Waals surface area contributed by atoms with Gasteiger partial charge in [-0.2, -0.15) is 0 Å². The smallest absolute Gasteiger partial charge is 0.242 e. The van der Waals surface area contributed by atoms with Crippen molar-refractivity contribution in [3.05, 3.63) is 53.5 Å². The first-order chi connectivity index (χ1) is 13.0. The van der Waals surface area contributed by atoms with Gasteiger partial charge in [-0.25, -0.2) is 0 Å². The molecule has 6 nitrogen and oxygen atoms in total. The highest BCUT2D eigenvalue weighted by Gasteiger charge is 2.24. The molecule has 1 aliphatic rings. The molecule has 3 rings (SSSR count). The highest BCUT2D eigenvalue weighted by atomic mass is 16.3. The van der Waals surface area contributed by atoms with E-state index in [2.05, 4.69) is 36.9 Å². The molecule has 144 valence electrons. The molecule has 0 radical (unpaired) electrons. The van der Waals surface area contributed by atoms with Crippen molar-refractivity contribution in [3.8, 4) is 0 Å². The lowest BCUT2D eigenvalue weighted by molar-refractivity contribution is -0.140. The molecular formula is C21H27N3O3. The highest BCUT2D eigenvalue weighted by Crippen LogP contribution is 2.24. The Balaban J connectivity index is 1.57. The van der Waals surface area contributed by atoms with E-state index >= 15 is 0 Å². The number of piperazine rings is 1. The fourth-order valence-corrected chi connectivity index (χ4v) is 3.41. The molecule has 1 fully saturated rings. The first-order valence-electron chi connectivity index (χ1n) is 9.32. The third-order valence-electron chi connectivity index (χ3n) is 5.25. The number of anilines is 1. The summed E-state index contributed by atoms with van der Waals surface area (Å²) in [4.78, 5) is 30.3. The zero-order chi connectivity index (χ0) is 19.4. The fraction of sp³-hybridized carbons (Fsp3) is 0.429. The second-order valence-corrected chi connectivity index (χ2v) is 7.04. The van der Waals surface area contributed by atoms with Crippen molar-refractivity contribution in [2.24, 2.45) is 0 Å². The van der Waals surface area contributed by atoms with E-state index in [1.54, 1.807) is 12.3 Å². The topological polar surface area (TPSA) is 57.0 Å². The minimum atomic E-state index is -0.131. The number of benzene rings is 1. The zero-order valence-electron chi connectivity index (χ0n) is 16.3. The molecule has 1 aromatic heterocycles. The monoisotopic (exact) mass is 369 g/mol. The van der Waals surface area contributed by atoms with Gasteiger partial charge in [-0.1, -0.05) is 12.1 Å². The average molecular weight is 369 g/mol.